The van der Waals surface area contributed by atoms with Crippen LogP contribution in [-0.2, 0) is 4.74 Å². The molecule has 1 fully saturated rings. The lowest BCUT2D eigenvalue weighted by Crippen LogP contribution is -2.50. The fourth-order valence-corrected chi connectivity index (χ4v) is 2.33. The maximum absolute atomic E-state index is 11.8. The molecule has 0 saturated carbocycles. The third kappa shape index (κ3) is 4.47. The van der Waals surface area contributed by atoms with Crippen LogP contribution in [0.15, 0.2) is 17.2 Å². The number of nitrogens with zero attached hydrogens (tertiary/aromatic N) is 2. The second kappa shape index (κ2) is 6.15. The van der Waals surface area contributed by atoms with E-state index in [0.29, 0.717) is 12.4 Å². The molecule has 116 valence electrons. The van der Waals surface area contributed by atoms with Gasteiger partial charge in [0, 0.05) is 31.5 Å². The zero-order valence-electron chi connectivity index (χ0n) is 12.7. The van der Waals surface area contributed by atoms with Gasteiger partial charge in [-0.3, -0.25) is 4.79 Å². The maximum Gasteiger partial charge on any atom is 0.407 e. The summed E-state index contributed by atoms with van der Waals surface area (Å²) in [5.74, 6) is 0.396. The zero-order valence-corrected chi connectivity index (χ0v) is 12.7. The standard InChI is InChI=1S/C14H22N4O3/c1-14(2,3)21-13(20)17-10-5-4-8-18(9-10)11-12(19)16-7-6-15-11/h6-7,10H,4-5,8-9H2,1-3H3,(H,16,19)(H,17,20). The van der Waals surface area contributed by atoms with E-state index in [4.69, 9.17) is 4.74 Å². The number of nitrogens with one attached hydrogen (secondary N) is 2. The highest BCUT2D eigenvalue weighted by Crippen LogP contribution is 2.15. The van der Waals surface area contributed by atoms with E-state index in [2.05, 4.69) is 15.3 Å². The minimum Gasteiger partial charge on any atom is -0.444 e. The molecule has 0 aliphatic carbocycles. The summed E-state index contributed by atoms with van der Waals surface area (Å²) < 4.78 is 5.25. The van der Waals surface area contributed by atoms with Crippen LogP contribution < -0.4 is 15.8 Å². The molecule has 7 heteroatoms. The van der Waals surface area contributed by atoms with Gasteiger partial charge in [-0.15, -0.1) is 0 Å². The van der Waals surface area contributed by atoms with Crippen LogP contribution in [0.3, 0.4) is 0 Å². The van der Waals surface area contributed by atoms with Gasteiger partial charge in [0.05, 0.1) is 0 Å². The van der Waals surface area contributed by atoms with Crippen molar-refractivity contribution in [2.24, 2.45) is 0 Å². The van der Waals surface area contributed by atoms with E-state index in [1.807, 2.05) is 25.7 Å². The second-order valence-electron chi connectivity index (χ2n) is 6.17. The molecule has 1 atom stereocenters. The number of rotatable bonds is 2. The molecule has 2 N–H and O–H groups in total. The molecule has 2 heterocycles. The van der Waals surface area contributed by atoms with E-state index in [1.165, 1.54) is 6.20 Å². The molecule has 1 unspecified atom stereocenters. The van der Waals surface area contributed by atoms with Gasteiger partial charge < -0.3 is 19.9 Å². The highest BCUT2D eigenvalue weighted by molar-refractivity contribution is 5.68. The monoisotopic (exact) mass is 294 g/mol. The van der Waals surface area contributed by atoms with Gasteiger partial charge in [0.25, 0.3) is 5.56 Å². The molecule has 1 aliphatic rings. The summed E-state index contributed by atoms with van der Waals surface area (Å²) in [6.07, 6.45) is 4.38. The van der Waals surface area contributed by atoms with E-state index in [0.717, 1.165) is 19.4 Å². The van der Waals surface area contributed by atoms with Crippen LogP contribution in [0.4, 0.5) is 10.6 Å². The fraction of sp³-hybridized carbons (Fsp3) is 0.643. The molecular weight excluding hydrogens is 272 g/mol. The van der Waals surface area contributed by atoms with E-state index in [-0.39, 0.29) is 11.6 Å². The van der Waals surface area contributed by atoms with Crippen molar-refractivity contribution in [3.63, 3.8) is 0 Å². The SMILES string of the molecule is CC(C)(C)OC(=O)NC1CCCN(c2ncc[nH]c2=O)C1. The summed E-state index contributed by atoms with van der Waals surface area (Å²) in [5.41, 5.74) is -0.730. The number of amides is 1. The minimum absolute atomic E-state index is 0.0463. The molecule has 0 bridgehead atoms. The predicted octanol–water partition coefficient (Wildman–Crippen LogP) is 1.26. The van der Waals surface area contributed by atoms with E-state index in [9.17, 15) is 9.59 Å². The Labute approximate surface area is 123 Å². The lowest BCUT2D eigenvalue weighted by atomic mass is 10.1. The third-order valence-corrected chi connectivity index (χ3v) is 3.13. The summed E-state index contributed by atoms with van der Waals surface area (Å²) in [7, 11) is 0. The van der Waals surface area contributed by atoms with Crippen molar-refractivity contribution in [1.82, 2.24) is 15.3 Å². The normalized spacial score (nSPS) is 19.2. The van der Waals surface area contributed by atoms with Gasteiger partial charge in [-0.25, -0.2) is 9.78 Å². The topological polar surface area (TPSA) is 87.3 Å². The minimum atomic E-state index is -0.517. The number of aromatic amines is 1. The Balaban J connectivity index is 1.97. The Morgan fingerprint density at radius 1 is 1.52 bits per heavy atom. The summed E-state index contributed by atoms with van der Waals surface area (Å²) in [6.45, 7) is 6.79. The Bertz CT molecular complexity index is 550. The molecule has 1 saturated heterocycles. The first-order valence-electron chi connectivity index (χ1n) is 7.13. The summed E-state index contributed by atoms with van der Waals surface area (Å²) >= 11 is 0. The molecular formula is C14H22N4O3. The van der Waals surface area contributed by atoms with E-state index in [1.54, 1.807) is 6.20 Å². The van der Waals surface area contributed by atoms with Gasteiger partial charge in [0.2, 0.25) is 0 Å². The van der Waals surface area contributed by atoms with E-state index >= 15 is 0 Å². The van der Waals surface area contributed by atoms with Crippen LogP contribution in [0.2, 0.25) is 0 Å². The molecule has 21 heavy (non-hydrogen) atoms. The Hall–Kier alpha value is -2.05. The summed E-state index contributed by atoms with van der Waals surface area (Å²) in [4.78, 5) is 32.2. The molecule has 1 aromatic rings. The van der Waals surface area contributed by atoms with Crippen LogP contribution in [0.25, 0.3) is 0 Å². The number of H-pyrrole nitrogens is 1. The summed E-state index contributed by atoms with van der Waals surface area (Å²) in [5, 5.41) is 2.85. The highest BCUT2D eigenvalue weighted by Gasteiger charge is 2.25. The maximum atomic E-state index is 11.8. The second-order valence-corrected chi connectivity index (χ2v) is 6.17. The Morgan fingerprint density at radius 3 is 2.95 bits per heavy atom. The number of ether oxygens (including phenoxy) is 1. The molecule has 1 amide bonds. The lowest BCUT2D eigenvalue weighted by molar-refractivity contribution is 0.0500. The van der Waals surface area contributed by atoms with Crippen molar-refractivity contribution < 1.29 is 9.53 Å². The lowest BCUT2D eigenvalue weighted by Gasteiger charge is -2.33. The third-order valence-electron chi connectivity index (χ3n) is 3.13. The smallest absolute Gasteiger partial charge is 0.407 e. The average Bonchev–Trinajstić information content (AvgIpc) is 2.37. The van der Waals surface area contributed by atoms with Crippen molar-refractivity contribution >= 4 is 11.9 Å². The van der Waals surface area contributed by atoms with Crippen molar-refractivity contribution in [1.29, 1.82) is 0 Å². The summed E-state index contributed by atoms with van der Waals surface area (Å²) in [6, 6.07) is -0.0463. The fourth-order valence-electron chi connectivity index (χ4n) is 2.33. The molecule has 2 rings (SSSR count). The number of anilines is 1. The molecule has 0 aromatic carbocycles. The number of carbonyl (C=O) groups is 1. The van der Waals surface area contributed by atoms with Gasteiger partial charge in [-0.2, -0.15) is 0 Å². The van der Waals surface area contributed by atoms with Gasteiger partial charge in [-0.05, 0) is 33.6 Å². The highest BCUT2D eigenvalue weighted by atomic mass is 16.6. The van der Waals surface area contributed by atoms with Crippen molar-refractivity contribution in [2.45, 2.75) is 45.3 Å². The molecule has 0 radical (unpaired) electrons. The van der Waals surface area contributed by atoms with Crippen LogP contribution in [-0.4, -0.2) is 40.8 Å². The predicted molar refractivity (Wildman–Crippen MR) is 79.5 cm³/mol. The number of hydrogen-bond acceptors (Lipinski definition) is 5. The molecule has 1 aliphatic heterocycles. The first kappa shape index (κ1) is 15.3. The molecule has 7 nitrogen and oxygen atoms in total. The van der Waals surface area contributed by atoms with Gasteiger partial charge in [0.1, 0.15) is 5.60 Å². The van der Waals surface area contributed by atoms with Gasteiger partial charge in [0.15, 0.2) is 5.82 Å². The van der Waals surface area contributed by atoms with Gasteiger partial charge >= 0.3 is 6.09 Å². The van der Waals surface area contributed by atoms with Crippen LogP contribution in [0, 0.1) is 0 Å². The van der Waals surface area contributed by atoms with Gasteiger partial charge in [-0.1, -0.05) is 0 Å². The van der Waals surface area contributed by atoms with E-state index < -0.39 is 11.7 Å². The van der Waals surface area contributed by atoms with Crippen molar-refractivity contribution in [3.8, 4) is 0 Å². The largest absolute Gasteiger partial charge is 0.444 e. The zero-order chi connectivity index (χ0) is 15.5. The molecule has 1 aromatic heterocycles. The number of aromatic nitrogens is 2. The molecule has 0 spiro atoms. The first-order valence-corrected chi connectivity index (χ1v) is 7.13. The Morgan fingerprint density at radius 2 is 2.29 bits per heavy atom. The quantitative estimate of drug-likeness (QED) is 0.857. The van der Waals surface area contributed by atoms with Crippen LogP contribution >= 0.6 is 0 Å². The first-order chi connectivity index (χ1) is 9.85. The van der Waals surface area contributed by atoms with Crippen molar-refractivity contribution in [2.75, 3.05) is 18.0 Å². The number of piperidine rings is 1. The average molecular weight is 294 g/mol. The van der Waals surface area contributed by atoms with Crippen molar-refractivity contribution in [3.05, 3.63) is 22.7 Å². The van der Waals surface area contributed by atoms with Crippen LogP contribution in [0.5, 0.6) is 0 Å². The number of carbonyl (C=O) groups excluding carboxylic acids is 1. The van der Waals surface area contributed by atoms with Crippen LogP contribution in [0.1, 0.15) is 33.6 Å². The number of alkyl carbamates (subject to hydrolysis) is 1. The Kier molecular flexibility index (Phi) is 4.50. The number of hydrogen-bond donors (Lipinski definition) is 2.